The van der Waals surface area contributed by atoms with Gasteiger partial charge < -0.3 is 15.0 Å². The molecule has 22 heavy (non-hydrogen) atoms. The van der Waals surface area contributed by atoms with Crippen LogP contribution in [0, 0.1) is 10.1 Å². The van der Waals surface area contributed by atoms with Crippen molar-refractivity contribution in [2.24, 2.45) is 4.99 Å². The summed E-state index contributed by atoms with van der Waals surface area (Å²) in [5.41, 5.74) is 0.660. The van der Waals surface area contributed by atoms with Crippen molar-refractivity contribution in [2.45, 2.75) is 6.42 Å². The molecule has 0 aliphatic rings. The Kier molecular flexibility index (Phi) is 4.47. The highest BCUT2D eigenvalue weighted by molar-refractivity contribution is 5.87. The van der Waals surface area contributed by atoms with Gasteiger partial charge in [0.1, 0.15) is 0 Å². The number of nitrogens with zero attached hydrogens (tertiary/aromatic N) is 2. The third kappa shape index (κ3) is 3.66. The zero-order chi connectivity index (χ0) is 16.1. The summed E-state index contributed by atoms with van der Waals surface area (Å²) in [6.07, 6.45) is 1.04. The maximum atomic E-state index is 11.8. The van der Waals surface area contributed by atoms with Gasteiger partial charge in [-0.25, -0.2) is 0 Å². The van der Waals surface area contributed by atoms with Crippen LogP contribution < -0.4 is 10.2 Å². The first-order valence-electron chi connectivity index (χ1n) is 6.24. The molecule has 0 unspecified atom stereocenters. The molecule has 0 atom stereocenters. The zero-order valence-electron chi connectivity index (χ0n) is 11.3. The summed E-state index contributed by atoms with van der Waals surface area (Å²) in [5, 5.41) is 32.9. The number of carboxylic acids is 1. The van der Waals surface area contributed by atoms with E-state index in [9.17, 15) is 25.1 Å². The van der Waals surface area contributed by atoms with Crippen LogP contribution in [0.2, 0.25) is 0 Å². The highest BCUT2D eigenvalue weighted by Crippen LogP contribution is 2.25. The molecule has 0 fully saturated rings. The zero-order valence-corrected chi connectivity index (χ0v) is 11.3. The largest absolute Gasteiger partial charge is 0.867 e. The van der Waals surface area contributed by atoms with Crippen LogP contribution in [0.4, 0.5) is 11.4 Å². The van der Waals surface area contributed by atoms with E-state index < -0.39 is 22.3 Å². The molecule has 2 rings (SSSR count). The Morgan fingerprint density at radius 3 is 2.45 bits per heavy atom. The minimum atomic E-state index is -1.18. The highest BCUT2D eigenvalue weighted by atomic mass is 16.6. The van der Waals surface area contributed by atoms with Gasteiger partial charge in [-0.1, -0.05) is 24.3 Å². The van der Waals surface area contributed by atoms with Gasteiger partial charge in [-0.2, -0.15) is 0 Å². The minimum Gasteiger partial charge on any atom is -0.867 e. The van der Waals surface area contributed by atoms with Crippen molar-refractivity contribution in [3.05, 3.63) is 63.7 Å². The molecule has 0 bridgehead atoms. The second-order valence-electron chi connectivity index (χ2n) is 4.43. The lowest BCUT2D eigenvalue weighted by molar-refractivity contribution is -0.398. The molecule has 0 amide bonds. The lowest BCUT2D eigenvalue weighted by atomic mass is 10.1. The van der Waals surface area contributed by atoms with E-state index in [1.54, 1.807) is 24.3 Å². The number of nitro groups is 1. The number of carbonyl (C=O) groups excluding carboxylic acids is 1. The lowest BCUT2D eigenvalue weighted by Gasteiger charge is -2.09. The summed E-state index contributed by atoms with van der Waals surface area (Å²) in [6, 6.07) is 10.3. The molecule has 0 aromatic heterocycles. The van der Waals surface area contributed by atoms with Gasteiger partial charge in [-0.15, -0.1) is 0 Å². The van der Waals surface area contributed by atoms with E-state index in [0.717, 1.165) is 6.07 Å². The summed E-state index contributed by atoms with van der Waals surface area (Å²) < 4.78 is 0. The van der Waals surface area contributed by atoms with E-state index in [4.69, 9.17) is 0 Å². The molecule has 0 saturated carbocycles. The molecule has 7 heteroatoms. The fourth-order valence-corrected chi connectivity index (χ4v) is 1.80. The van der Waals surface area contributed by atoms with E-state index in [1.165, 1.54) is 18.3 Å². The number of aliphatic imine (C=N–C) groups is 1. The smallest absolute Gasteiger partial charge is 0.262 e. The topological polar surface area (TPSA) is 119 Å². The molecule has 112 valence electrons. The van der Waals surface area contributed by atoms with Crippen LogP contribution in [0.25, 0.3) is 0 Å². The van der Waals surface area contributed by atoms with E-state index in [2.05, 4.69) is 4.99 Å². The normalized spacial score (nSPS) is 10.7. The Balaban J connectivity index is 2.20. The van der Waals surface area contributed by atoms with Crippen LogP contribution in [-0.4, -0.2) is 17.1 Å². The van der Waals surface area contributed by atoms with Crippen LogP contribution >= 0.6 is 0 Å². The van der Waals surface area contributed by atoms with Crippen LogP contribution in [0.1, 0.15) is 11.1 Å². The Morgan fingerprint density at radius 1 is 1.18 bits per heavy atom. The number of hydrogen-bond donors (Lipinski definition) is 0. The molecule has 0 heterocycles. The summed E-state index contributed by atoms with van der Waals surface area (Å²) in [4.78, 5) is 24.4. The summed E-state index contributed by atoms with van der Waals surface area (Å²) >= 11 is 0. The number of aliphatic carboxylic acids is 1. The maximum Gasteiger partial charge on any atom is 0.262 e. The van der Waals surface area contributed by atoms with Crippen LogP contribution in [0.5, 0.6) is 5.75 Å². The molecule has 0 spiro atoms. The van der Waals surface area contributed by atoms with Gasteiger partial charge in [-0.05, 0) is 29.0 Å². The molecular weight excluding hydrogens is 288 g/mol. The Bertz CT molecular complexity index is 738. The van der Waals surface area contributed by atoms with Crippen molar-refractivity contribution in [3.8, 4) is 5.75 Å². The van der Waals surface area contributed by atoms with Crippen molar-refractivity contribution >= 4 is 23.6 Å². The third-order valence-corrected chi connectivity index (χ3v) is 2.86. The maximum absolute atomic E-state index is 11.8. The SMILES string of the molecule is O=C([O-])Cc1ccc(N=Cc2cccc([N+](=O)[O-])c2[O-])cc1. The number of para-hydroxylation sites is 1. The number of nitro benzene ring substituents is 1. The van der Waals surface area contributed by atoms with Gasteiger partial charge in [0.2, 0.25) is 0 Å². The number of carboxylic acid groups (broad SMARTS) is 1. The first-order chi connectivity index (χ1) is 10.5. The predicted octanol–water partition coefficient (Wildman–Crippen LogP) is 0.711. The van der Waals surface area contributed by atoms with E-state index >= 15 is 0 Å². The molecule has 0 radical (unpaired) electrons. The first kappa shape index (κ1) is 15.2. The van der Waals surface area contributed by atoms with Gasteiger partial charge in [0.05, 0.1) is 10.6 Å². The van der Waals surface area contributed by atoms with Gasteiger partial charge in [-0.3, -0.25) is 15.1 Å². The standard InChI is InChI=1S/C15H12N2O5/c18-14(19)8-10-4-6-12(7-5-10)16-9-11-2-1-3-13(15(11)20)17(21)22/h1-7,9,20H,8H2,(H,18,19)/p-2. The predicted molar refractivity (Wildman–Crippen MR) is 74.9 cm³/mol. The molecule has 0 N–H and O–H groups in total. The quantitative estimate of drug-likeness (QED) is 0.457. The van der Waals surface area contributed by atoms with Crippen molar-refractivity contribution in [3.63, 3.8) is 0 Å². The van der Waals surface area contributed by atoms with Gasteiger partial charge in [0.15, 0.2) is 0 Å². The number of hydrogen-bond acceptors (Lipinski definition) is 6. The monoisotopic (exact) mass is 298 g/mol. The molecular formula is C15H10N2O5-2. The van der Waals surface area contributed by atoms with Crippen LogP contribution in [0.15, 0.2) is 47.5 Å². The van der Waals surface area contributed by atoms with Gasteiger partial charge in [0, 0.05) is 24.7 Å². The Morgan fingerprint density at radius 2 is 1.86 bits per heavy atom. The van der Waals surface area contributed by atoms with Crippen molar-refractivity contribution in [1.29, 1.82) is 0 Å². The molecule has 0 aliphatic heterocycles. The number of rotatable bonds is 5. The van der Waals surface area contributed by atoms with Crippen LogP contribution in [0.3, 0.4) is 0 Å². The van der Waals surface area contributed by atoms with Gasteiger partial charge >= 0.3 is 0 Å². The molecule has 0 saturated heterocycles. The van der Waals surface area contributed by atoms with Gasteiger partial charge in [0.25, 0.3) is 5.69 Å². The first-order valence-corrected chi connectivity index (χ1v) is 6.24. The molecule has 2 aromatic rings. The lowest BCUT2D eigenvalue weighted by Crippen LogP contribution is -2.24. The van der Waals surface area contributed by atoms with Crippen molar-refractivity contribution < 1.29 is 19.9 Å². The fourth-order valence-electron chi connectivity index (χ4n) is 1.80. The van der Waals surface area contributed by atoms with E-state index in [1.807, 2.05) is 0 Å². The molecule has 2 aromatic carbocycles. The summed E-state index contributed by atoms with van der Waals surface area (Å²) in [7, 11) is 0. The Hall–Kier alpha value is -3.22. The summed E-state index contributed by atoms with van der Waals surface area (Å²) in [6.45, 7) is 0. The number of carbonyl (C=O) groups is 1. The fraction of sp³-hybridized carbons (Fsp3) is 0.0667. The molecule has 7 nitrogen and oxygen atoms in total. The Labute approximate surface area is 125 Å². The van der Waals surface area contributed by atoms with Crippen LogP contribution in [-0.2, 0) is 11.2 Å². The van der Waals surface area contributed by atoms with E-state index in [0.29, 0.717) is 11.3 Å². The summed E-state index contributed by atoms with van der Waals surface area (Å²) in [5.74, 6) is -1.88. The third-order valence-electron chi connectivity index (χ3n) is 2.86. The van der Waals surface area contributed by atoms with Crippen molar-refractivity contribution in [1.82, 2.24) is 0 Å². The average Bonchev–Trinajstić information content (AvgIpc) is 2.47. The number of benzene rings is 2. The molecule has 0 aliphatic carbocycles. The highest BCUT2D eigenvalue weighted by Gasteiger charge is 2.07. The minimum absolute atomic E-state index is 0.105. The van der Waals surface area contributed by atoms with E-state index in [-0.39, 0.29) is 12.0 Å². The van der Waals surface area contributed by atoms with Crippen molar-refractivity contribution in [2.75, 3.05) is 0 Å². The average molecular weight is 298 g/mol. The second kappa shape index (κ2) is 6.49. The second-order valence-corrected chi connectivity index (χ2v) is 4.43.